The summed E-state index contributed by atoms with van der Waals surface area (Å²) in [4.78, 5) is 12.5. The van der Waals surface area contributed by atoms with Crippen LogP contribution in [0.3, 0.4) is 0 Å². The number of likely N-dealkylation sites (N-methyl/N-ethyl adjacent to an activating group) is 1. The number of allylic oxidation sites excluding steroid dienone is 2. The van der Waals surface area contributed by atoms with E-state index in [9.17, 15) is 0 Å². The van der Waals surface area contributed by atoms with Crippen LogP contribution in [0, 0.1) is 0 Å². The molecule has 2 heterocycles. The smallest absolute Gasteiger partial charge is 0.159 e. The zero-order chi connectivity index (χ0) is 33.9. The van der Waals surface area contributed by atoms with Crippen LogP contribution in [-0.4, -0.2) is 23.6 Å². The summed E-state index contributed by atoms with van der Waals surface area (Å²) in [6.07, 6.45) is 8.60. The summed E-state index contributed by atoms with van der Waals surface area (Å²) in [5.41, 5.74) is 12.7. The van der Waals surface area contributed by atoms with Crippen molar-refractivity contribution in [2.45, 2.75) is 24.4 Å². The highest BCUT2D eigenvalue weighted by Gasteiger charge is 2.51. The lowest BCUT2D eigenvalue weighted by atomic mass is 9.66. The third-order valence-electron chi connectivity index (χ3n) is 10.8. The predicted molar refractivity (Wildman–Crippen MR) is 207 cm³/mol. The third kappa shape index (κ3) is 4.46. The van der Waals surface area contributed by atoms with Gasteiger partial charge < -0.3 is 9.64 Å². The Balaban J connectivity index is 1.11. The Morgan fingerprint density at radius 3 is 1.98 bits per heavy atom. The maximum absolute atomic E-state index is 6.54. The van der Waals surface area contributed by atoms with E-state index in [4.69, 9.17) is 14.7 Å². The van der Waals surface area contributed by atoms with Crippen molar-refractivity contribution in [3.05, 3.63) is 203 Å². The molecule has 0 N–H and O–H groups in total. The molecule has 0 saturated heterocycles. The van der Waals surface area contributed by atoms with Gasteiger partial charge in [-0.05, 0) is 63.9 Å². The van der Waals surface area contributed by atoms with E-state index in [0.717, 1.165) is 52.7 Å². The molecule has 0 saturated carbocycles. The summed E-state index contributed by atoms with van der Waals surface area (Å²) in [5, 5.41) is 0. The van der Waals surface area contributed by atoms with Crippen LogP contribution in [0.5, 0.6) is 11.5 Å². The fourth-order valence-corrected chi connectivity index (χ4v) is 8.58. The Kier molecular flexibility index (Phi) is 6.78. The van der Waals surface area contributed by atoms with E-state index >= 15 is 0 Å². The molecule has 51 heavy (non-hydrogen) atoms. The van der Waals surface area contributed by atoms with Gasteiger partial charge in [-0.25, -0.2) is 9.98 Å². The van der Waals surface area contributed by atoms with E-state index in [0.29, 0.717) is 0 Å². The van der Waals surface area contributed by atoms with Crippen LogP contribution in [-0.2, 0) is 5.41 Å². The summed E-state index contributed by atoms with van der Waals surface area (Å²) in [5.74, 6) is 3.53. The Morgan fingerprint density at radius 2 is 1.25 bits per heavy atom. The van der Waals surface area contributed by atoms with Gasteiger partial charge in [0, 0.05) is 29.3 Å². The fraction of sp³-hybridized carbons (Fsp3) is 0.106. The number of ether oxygens (including phenoxy) is 1. The van der Waals surface area contributed by atoms with Gasteiger partial charge in [0.2, 0.25) is 0 Å². The predicted octanol–water partition coefficient (Wildman–Crippen LogP) is 10.9. The topological polar surface area (TPSA) is 37.2 Å². The maximum Gasteiger partial charge on any atom is 0.159 e. The molecule has 4 nitrogen and oxygen atoms in total. The maximum atomic E-state index is 6.54. The average Bonchev–Trinajstić information content (AvgIpc) is 3.50. The molecule has 6 aromatic carbocycles. The van der Waals surface area contributed by atoms with Crippen molar-refractivity contribution in [3.8, 4) is 33.8 Å². The van der Waals surface area contributed by atoms with Gasteiger partial charge in [0.05, 0.1) is 5.41 Å². The molecule has 1 spiro atoms. The van der Waals surface area contributed by atoms with Gasteiger partial charge >= 0.3 is 0 Å². The average molecular weight is 658 g/mol. The lowest BCUT2D eigenvalue weighted by Crippen LogP contribution is -2.36. The number of nitrogens with zero attached hydrogens (tertiary/aromatic N) is 3. The molecule has 1 atom stereocenters. The molecule has 0 radical (unpaired) electrons. The summed E-state index contributed by atoms with van der Waals surface area (Å²) in [7, 11) is 2.11. The Labute approximate surface area is 298 Å². The van der Waals surface area contributed by atoms with E-state index in [1.54, 1.807) is 0 Å². The third-order valence-corrected chi connectivity index (χ3v) is 10.8. The Morgan fingerprint density at radius 1 is 0.608 bits per heavy atom. The highest BCUT2D eigenvalue weighted by Crippen LogP contribution is 2.63. The van der Waals surface area contributed by atoms with Gasteiger partial charge in [0.15, 0.2) is 5.84 Å². The minimum Gasteiger partial charge on any atom is -0.457 e. The first-order valence-corrected chi connectivity index (χ1v) is 17.7. The number of hydrogen-bond acceptors (Lipinski definition) is 4. The van der Waals surface area contributed by atoms with Crippen molar-refractivity contribution in [2.75, 3.05) is 7.05 Å². The van der Waals surface area contributed by atoms with Crippen LogP contribution in [0.4, 0.5) is 0 Å². The van der Waals surface area contributed by atoms with Gasteiger partial charge in [-0.1, -0.05) is 152 Å². The highest BCUT2D eigenvalue weighted by atomic mass is 16.5. The zero-order valence-electron chi connectivity index (χ0n) is 28.3. The molecule has 6 aromatic rings. The van der Waals surface area contributed by atoms with Gasteiger partial charge in [-0.3, -0.25) is 0 Å². The molecule has 2 aliphatic heterocycles. The van der Waals surface area contributed by atoms with Crippen molar-refractivity contribution in [1.29, 1.82) is 0 Å². The second kappa shape index (κ2) is 11.7. The lowest BCUT2D eigenvalue weighted by molar-refractivity contribution is 0.382. The van der Waals surface area contributed by atoms with E-state index in [2.05, 4.69) is 158 Å². The summed E-state index contributed by atoms with van der Waals surface area (Å²) >= 11 is 0. The first kappa shape index (κ1) is 29.6. The van der Waals surface area contributed by atoms with E-state index < -0.39 is 5.41 Å². The van der Waals surface area contributed by atoms with Crippen LogP contribution < -0.4 is 4.74 Å². The monoisotopic (exact) mass is 657 g/mol. The Bertz CT molecular complexity index is 2420. The summed E-state index contributed by atoms with van der Waals surface area (Å²) in [6.45, 7) is 0. The van der Waals surface area contributed by atoms with Gasteiger partial charge in [0.1, 0.15) is 23.5 Å². The normalized spacial score (nSPS) is 17.7. The Hall–Kier alpha value is -6.26. The number of hydrogen-bond donors (Lipinski definition) is 0. The van der Waals surface area contributed by atoms with Crippen molar-refractivity contribution >= 4 is 11.7 Å². The standard InChI is InChI=1S/C47H35N3O/c1-50-45(33-17-6-3-7-18-33)48-44(32-15-4-2-5-16-32)49-46(50)34-29-27-31(28-30-34)35-20-14-24-40-43(35)36-19-8-9-21-37(36)47(40)38-22-10-12-25-41(38)51-42-26-13-11-23-39(42)47/h2,4-6,8-30,46H,3,7H2,1H3. The van der Waals surface area contributed by atoms with Gasteiger partial charge in [0.25, 0.3) is 0 Å². The first-order valence-electron chi connectivity index (χ1n) is 17.7. The molecule has 244 valence electrons. The molecule has 4 aliphatic rings. The summed E-state index contributed by atoms with van der Waals surface area (Å²) < 4.78 is 6.54. The van der Waals surface area contributed by atoms with Crippen molar-refractivity contribution in [2.24, 2.45) is 9.98 Å². The second-order valence-corrected chi connectivity index (χ2v) is 13.6. The van der Waals surface area contributed by atoms with Gasteiger partial charge in [-0.15, -0.1) is 0 Å². The number of rotatable bonds is 4. The van der Waals surface area contributed by atoms with Crippen LogP contribution >= 0.6 is 0 Å². The number of fused-ring (bicyclic) bond motifs is 9. The molecule has 2 aliphatic carbocycles. The minimum atomic E-state index is -0.487. The highest BCUT2D eigenvalue weighted by molar-refractivity contribution is 6.13. The fourth-order valence-electron chi connectivity index (χ4n) is 8.58. The quantitative estimate of drug-likeness (QED) is 0.189. The molecule has 0 aromatic heterocycles. The van der Waals surface area contributed by atoms with Crippen LogP contribution in [0.15, 0.2) is 179 Å². The number of amidine groups is 2. The van der Waals surface area contributed by atoms with E-state index in [1.165, 1.54) is 44.5 Å². The minimum absolute atomic E-state index is 0.210. The molecular formula is C47H35N3O. The molecule has 0 bridgehead atoms. The molecular weight excluding hydrogens is 623 g/mol. The zero-order valence-corrected chi connectivity index (χ0v) is 28.3. The van der Waals surface area contributed by atoms with Crippen LogP contribution in [0.2, 0.25) is 0 Å². The van der Waals surface area contributed by atoms with Crippen LogP contribution in [0.1, 0.15) is 52.4 Å². The van der Waals surface area contributed by atoms with Crippen molar-refractivity contribution < 1.29 is 4.74 Å². The number of para-hydroxylation sites is 2. The van der Waals surface area contributed by atoms with Gasteiger partial charge in [-0.2, -0.15) is 0 Å². The SMILES string of the molecule is CN1C(C2=CCCC=C2)=NC(c2ccccc2)=NC1c1ccc(-c2cccc3c2-c2ccccc2C32c3ccccc3Oc3ccccc32)cc1. The first-order chi connectivity index (χ1) is 25.2. The number of benzene rings is 6. The molecule has 0 fully saturated rings. The second-order valence-electron chi connectivity index (χ2n) is 13.6. The number of aliphatic imine (C=N–C) groups is 2. The molecule has 0 amide bonds. The molecule has 1 unspecified atom stereocenters. The van der Waals surface area contributed by atoms with Crippen molar-refractivity contribution in [3.63, 3.8) is 0 Å². The molecule has 10 rings (SSSR count). The van der Waals surface area contributed by atoms with Crippen LogP contribution in [0.25, 0.3) is 22.3 Å². The lowest BCUT2D eigenvalue weighted by Gasteiger charge is -2.39. The van der Waals surface area contributed by atoms with E-state index in [1.807, 2.05) is 18.2 Å². The largest absolute Gasteiger partial charge is 0.457 e. The van der Waals surface area contributed by atoms with E-state index in [-0.39, 0.29) is 6.17 Å². The molecule has 4 heteroatoms. The summed E-state index contributed by atoms with van der Waals surface area (Å²) in [6, 6.07) is 52.1. The van der Waals surface area contributed by atoms with Crippen molar-refractivity contribution in [1.82, 2.24) is 4.90 Å².